The molecule has 0 aromatic heterocycles. The van der Waals surface area contributed by atoms with Gasteiger partial charge in [-0.1, -0.05) is 26.0 Å². The molecule has 0 unspecified atom stereocenters. The van der Waals surface area contributed by atoms with E-state index in [4.69, 9.17) is 5.26 Å². The number of amides is 1. The minimum absolute atomic E-state index is 0.0707. The van der Waals surface area contributed by atoms with Gasteiger partial charge in [0.15, 0.2) is 0 Å². The summed E-state index contributed by atoms with van der Waals surface area (Å²) in [6, 6.07) is 8.22. The predicted octanol–water partition coefficient (Wildman–Crippen LogP) is 2.40. The van der Waals surface area contributed by atoms with Crippen molar-refractivity contribution in [2.75, 3.05) is 19.6 Å². The second-order valence-electron chi connectivity index (χ2n) is 6.16. The summed E-state index contributed by atoms with van der Waals surface area (Å²) in [5.41, 5.74) is 0.740. The van der Waals surface area contributed by atoms with Gasteiger partial charge in [-0.25, -0.2) is 4.39 Å². The Kier molecular flexibility index (Phi) is 7.55. The molecule has 0 saturated heterocycles. The lowest BCUT2D eigenvalue weighted by atomic mass is 9.88. The van der Waals surface area contributed by atoms with Crippen LogP contribution in [0.25, 0.3) is 0 Å². The van der Waals surface area contributed by atoms with E-state index in [1.165, 1.54) is 12.1 Å². The summed E-state index contributed by atoms with van der Waals surface area (Å²) in [5.74, 6) is -0.442. The average Bonchev–Trinajstić information content (AvgIpc) is 2.45. The highest BCUT2D eigenvalue weighted by molar-refractivity contribution is 5.78. The first-order valence-corrected chi connectivity index (χ1v) is 7.52. The standard InChI is InChI=1S/C17H24FN3O/c1-17(2,7-4-8-19)13-20-9-10-21-16(22)12-14-5-3-6-15(18)11-14/h3,5-6,11,20H,4,7,9-10,12-13H2,1-2H3,(H,21,22). The molecule has 1 aromatic carbocycles. The average molecular weight is 305 g/mol. The number of nitriles is 1. The van der Waals surface area contributed by atoms with E-state index < -0.39 is 0 Å². The molecule has 120 valence electrons. The van der Waals surface area contributed by atoms with Crippen LogP contribution in [-0.2, 0) is 11.2 Å². The monoisotopic (exact) mass is 305 g/mol. The third-order valence-electron chi connectivity index (χ3n) is 3.39. The number of carbonyl (C=O) groups excluding carboxylic acids is 1. The highest BCUT2D eigenvalue weighted by Crippen LogP contribution is 2.20. The molecule has 1 amide bonds. The second-order valence-corrected chi connectivity index (χ2v) is 6.16. The molecule has 0 aliphatic carbocycles. The van der Waals surface area contributed by atoms with E-state index in [1.807, 2.05) is 0 Å². The van der Waals surface area contributed by atoms with Crippen molar-refractivity contribution < 1.29 is 9.18 Å². The zero-order valence-corrected chi connectivity index (χ0v) is 13.3. The number of nitrogens with zero attached hydrogens (tertiary/aromatic N) is 1. The summed E-state index contributed by atoms with van der Waals surface area (Å²) in [6.07, 6.45) is 1.59. The Labute approximate surface area is 131 Å². The number of halogens is 1. The van der Waals surface area contributed by atoms with Crippen molar-refractivity contribution in [3.05, 3.63) is 35.6 Å². The van der Waals surface area contributed by atoms with Gasteiger partial charge in [-0.15, -0.1) is 0 Å². The third kappa shape index (κ3) is 7.75. The van der Waals surface area contributed by atoms with Crippen LogP contribution in [0.3, 0.4) is 0 Å². The van der Waals surface area contributed by atoms with Gasteiger partial charge in [0, 0.05) is 26.1 Å². The molecule has 2 N–H and O–H groups in total. The van der Waals surface area contributed by atoms with E-state index in [2.05, 4.69) is 30.6 Å². The summed E-state index contributed by atoms with van der Waals surface area (Å²) in [4.78, 5) is 11.7. The first-order valence-electron chi connectivity index (χ1n) is 7.52. The number of rotatable bonds is 9. The Morgan fingerprint density at radius 2 is 2.14 bits per heavy atom. The normalized spacial score (nSPS) is 11.0. The highest BCUT2D eigenvalue weighted by atomic mass is 19.1. The lowest BCUT2D eigenvalue weighted by Crippen LogP contribution is -2.36. The summed E-state index contributed by atoms with van der Waals surface area (Å²) < 4.78 is 13.0. The van der Waals surface area contributed by atoms with Gasteiger partial charge in [0.05, 0.1) is 12.5 Å². The largest absolute Gasteiger partial charge is 0.355 e. The van der Waals surface area contributed by atoms with Crippen molar-refractivity contribution in [3.63, 3.8) is 0 Å². The first-order chi connectivity index (χ1) is 10.4. The van der Waals surface area contributed by atoms with E-state index >= 15 is 0 Å². The van der Waals surface area contributed by atoms with Crippen molar-refractivity contribution in [1.29, 1.82) is 5.26 Å². The van der Waals surface area contributed by atoms with Gasteiger partial charge in [0.1, 0.15) is 5.82 Å². The number of nitrogens with one attached hydrogen (secondary N) is 2. The number of hydrogen-bond donors (Lipinski definition) is 2. The van der Waals surface area contributed by atoms with E-state index in [0.29, 0.717) is 25.1 Å². The molecule has 0 saturated carbocycles. The maximum absolute atomic E-state index is 13.0. The lowest BCUT2D eigenvalue weighted by Gasteiger charge is -2.23. The maximum atomic E-state index is 13.0. The van der Waals surface area contributed by atoms with Crippen molar-refractivity contribution in [3.8, 4) is 6.07 Å². The van der Waals surface area contributed by atoms with Crippen LogP contribution in [0.1, 0.15) is 32.3 Å². The van der Waals surface area contributed by atoms with Crippen molar-refractivity contribution in [2.24, 2.45) is 5.41 Å². The minimum atomic E-state index is -0.327. The highest BCUT2D eigenvalue weighted by Gasteiger charge is 2.16. The topological polar surface area (TPSA) is 64.9 Å². The summed E-state index contributed by atoms with van der Waals surface area (Å²) in [7, 11) is 0. The molecule has 0 aliphatic heterocycles. The molecule has 0 aliphatic rings. The van der Waals surface area contributed by atoms with Crippen LogP contribution in [0.15, 0.2) is 24.3 Å². The van der Waals surface area contributed by atoms with Crippen LogP contribution in [0.4, 0.5) is 4.39 Å². The van der Waals surface area contributed by atoms with Crippen LogP contribution in [0, 0.1) is 22.6 Å². The molecule has 5 heteroatoms. The minimum Gasteiger partial charge on any atom is -0.355 e. The molecule has 22 heavy (non-hydrogen) atoms. The summed E-state index contributed by atoms with van der Waals surface area (Å²) in [6.45, 7) is 6.22. The van der Waals surface area contributed by atoms with Gasteiger partial charge in [-0.2, -0.15) is 5.26 Å². The quantitative estimate of drug-likeness (QED) is 0.689. The molecule has 0 atom stereocenters. The van der Waals surface area contributed by atoms with Crippen LogP contribution in [-0.4, -0.2) is 25.5 Å². The fourth-order valence-corrected chi connectivity index (χ4v) is 2.09. The molecule has 0 heterocycles. The van der Waals surface area contributed by atoms with Crippen molar-refractivity contribution >= 4 is 5.91 Å². The Morgan fingerprint density at radius 1 is 1.36 bits per heavy atom. The van der Waals surface area contributed by atoms with Gasteiger partial charge in [-0.3, -0.25) is 4.79 Å². The molecule has 0 spiro atoms. The molecule has 0 bridgehead atoms. The van der Waals surface area contributed by atoms with Crippen LogP contribution in [0.5, 0.6) is 0 Å². The molecule has 0 fully saturated rings. The SMILES string of the molecule is CC(C)(CCC#N)CNCCNC(=O)Cc1cccc(F)c1. The Balaban J connectivity index is 2.17. The Hall–Kier alpha value is -1.93. The van der Waals surface area contributed by atoms with Gasteiger partial charge in [0.2, 0.25) is 5.91 Å². The third-order valence-corrected chi connectivity index (χ3v) is 3.39. The first kappa shape index (κ1) is 18.1. The zero-order chi connectivity index (χ0) is 16.4. The van der Waals surface area contributed by atoms with E-state index in [-0.39, 0.29) is 23.6 Å². The Morgan fingerprint density at radius 3 is 2.82 bits per heavy atom. The van der Waals surface area contributed by atoms with Crippen molar-refractivity contribution in [1.82, 2.24) is 10.6 Å². The van der Waals surface area contributed by atoms with Crippen molar-refractivity contribution in [2.45, 2.75) is 33.1 Å². The van der Waals surface area contributed by atoms with E-state index in [1.54, 1.807) is 12.1 Å². The zero-order valence-electron chi connectivity index (χ0n) is 13.3. The summed E-state index contributed by atoms with van der Waals surface area (Å²) >= 11 is 0. The molecular formula is C17H24FN3O. The predicted molar refractivity (Wildman–Crippen MR) is 84.6 cm³/mol. The number of benzene rings is 1. The Bertz CT molecular complexity index is 523. The van der Waals surface area contributed by atoms with Gasteiger partial charge < -0.3 is 10.6 Å². The second kappa shape index (κ2) is 9.16. The summed E-state index contributed by atoms with van der Waals surface area (Å²) in [5, 5.41) is 14.7. The number of carbonyl (C=O) groups is 1. The molecule has 1 aromatic rings. The van der Waals surface area contributed by atoms with Gasteiger partial charge in [-0.05, 0) is 29.5 Å². The molecule has 4 nitrogen and oxygen atoms in total. The van der Waals surface area contributed by atoms with Gasteiger partial charge in [0.25, 0.3) is 0 Å². The van der Waals surface area contributed by atoms with E-state index in [0.717, 1.165) is 13.0 Å². The van der Waals surface area contributed by atoms with Crippen LogP contribution in [0.2, 0.25) is 0 Å². The fraction of sp³-hybridized carbons (Fsp3) is 0.529. The smallest absolute Gasteiger partial charge is 0.224 e. The lowest BCUT2D eigenvalue weighted by molar-refractivity contribution is -0.120. The molecule has 1 rings (SSSR count). The fourth-order valence-electron chi connectivity index (χ4n) is 2.09. The molecular weight excluding hydrogens is 281 g/mol. The molecule has 0 radical (unpaired) electrons. The van der Waals surface area contributed by atoms with E-state index in [9.17, 15) is 9.18 Å². The van der Waals surface area contributed by atoms with Crippen LogP contribution >= 0.6 is 0 Å². The number of hydrogen-bond acceptors (Lipinski definition) is 3. The van der Waals surface area contributed by atoms with Gasteiger partial charge >= 0.3 is 0 Å². The van der Waals surface area contributed by atoms with Crippen LogP contribution < -0.4 is 10.6 Å². The maximum Gasteiger partial charge on any atom is 0.224 e.